The van der Waals surface area contributed by atoms with Crippen LogP contribution in [0.4, 0.5) is 0 Å². The van der Waals surface area contributed by atoms with Gasteiger partial charge in [-0.1, -0.05) is 29.8 Å². The van der Waals surface area contributed by atoms with Crippen molar-refractivity contribution in [3.63, 3.8) is 0 Å². The van der Waals surface area contributed by atoms with Crippen LogP contribution in [-0.4, -0.2) is 9.38 Å². The fourth-order valence-electron chi connectivity index (χ4n) is 1.99. The van der Waals surface area contributed by atoms with Crippen LogP contribution in [0.2, 0.25) is 5.02 Å². The zero-order chi connectivity index (χ0) is 13.2. The molecule has 0 unspecified atom stereocenters. The van der Waals surface area contributed by atoms with Crippen LogP contribution in [0.1, 0.15) is 11.1 Å². The molecule has 4 heteroatoms. The Morgan fingerprint density at radius 2 is 1.89 bits per heavy atom. The van der Waals surface area contributed by atoms with E-state index in [1.165, 1.54) is 0 Å². The third-order valence-electron chi connectivity index (χ3n) is 2.96. The van der Waals surface area contributed by atoms with E-state index in [1.807, 2.05) is 59.3 Å². The number of hydrogen-bond acceptors (Lipinski definition) is 2. The van der Waals surface area contributed by atoms with E-state index >= 15 is 0 Å². The van der Waals surface area contributed by atoms with Gasteiger partial charge in [-0.05, 0) is 29.8 Å². The highest BCUT2D eigenvalue weighted by atomic mass is 35.5. The smallest absolute Gasteiger partial charge is 0.276 e. The molecule has 0 bridgehead atoms. The van der Waals surface area contributed by atoms with Crippen LogP contribution in [0.5, 0.6) is 0 Å². The molecule has 0 aliphatic heterocycles. The van der Waals surface area contributed by atoms with E-state index in [9.17, 15) is 4.79 Å². The van der Waals surface area contributed by atoms with E-state index in [2.05, 4.69) is 4.98 Å². The summed E-state index contributed by atoms with van der Waals surface area (Å²) in [4.78, 5) is 16.0. The number of benzene rings is 1. The first-order chi connectivity index (χ1) is 9.22. The maximum atomic E-state index is 12.0. The molecule has 0 fully saturated rings. The van der Waals surface area contributed by atoms with Gasteiger partial charge in [0.25, 0.3) is 5.56 Å². The minimum absolute atomic E-state index is 0.179. The number of fused-ring (bicyclic) bond motifs is 1. The molecule has 2 heterocycles. The van der Waals surface area contributed by atoms with Gasteiger partial charge in [-0.25, -0.2) is 0 Å². The predicted molar refractivity (Wildman–Crippen MR) is 75.7 cm³/mol. The van der Waals surface area contributed by atoms with Crippen molar-refractivity contribution in [2.24, 2.45) is 0 Å². The molecule has 2 aromatic heterocycles. The molecule has 0 spiro atoms. The van der Waals surface area contributed by atoms with Crippen molar-refractivity contribution in [1.29, 1.82) is 0 Å². The van der Waals surface area contributed by atoms with Gasteiger partial charge in [-0.15, -0.1) is 0 Å². The summed E-state index contributed by atoms with van der Waals surface area (Å²) in [5, 5.41) is 0.692. The fraction of sp³-hybridized carbons (Fsp3) is 0.0667. The number of nitrogens with zero attached hydrogens (tertiary/aromatic N) is 2. The number of halogens is 1. The molecule has 3 aromatic rings. The van der Waals surface area contributed by atoms with Gasteiger partial charge in [0, 0.05) is 29.4 Å². The van der Waals surface area contributed by atoms with Gasteiger partial charge < -0.3 is 4.40 Å². The van der Waals surface area contributed by atoms with E-state index < -0.39 is 0 Å². The minimum atomic E-state index is -0.179. The van der Waals surface area contributed by atoms with Gasteiger partial charge in [0.2, 0.25) is 0 Å². The molecule has 0 saturated carbocycles. The quantitative estimate of drug-likeness (QED) is 0.717. The molecular formula is C15H11ClN2O. The molecule has 0 radical (unpaired) electrons. The molecule has 19 heavy (non-hydrogen) atoms. The third-order valence-corrected chi connectivity index (χ3v) is 3.21. The average molecular weight is 271 g/mol. The van der Waals surface area contributed by atoms with Crippen LogP contribution in [0, 0.1) is 0 Å². The third kappa shape index (κ3) is 2.51. The van der Waals surface area contributed by atoms with E-state index in [0.29, 0.717) is 22.7 Å². The van der Waals surface area contributed by atoms with Crippen molar-refractivity contribution in [2.75, 3.05) is 0 Å². The molecule has 1 aromatic carbocycles. The molecule has 0 atom stereocenters. The summed E-state index contributed by atoms with van der Waals surface area (Å²) >= 11 is 5.85. The second kappa shape index (κ2) is 4.86. The lowest BCUT2D eigenvalue weighted by Gasteiger charge is -2.04. The normalized spacial score (nSPS) is 10.8. The fourth-order valence-corrected chi connectivity index (χ4v) is 2.12. The molecule has 0 amide bonds. The van der Waals surface area contributed by atoms with Gasteiger partial charge in [-0.2, -0.15) is 4.98 Å². The van der Waals surface area contributed by atoms with E-state index in [0.717, 1.165) is 5.56 Å². The van der Waals surface area contributed by atoms with Crippen LogP contribution in [-0.2, 0) is 6.42 Å². The van der Waals surface area contributed by atoms with Gasteiger partial charge in [0.05, 0.1) is 0 Å². The topological polar surface area (TPSA) is 34.4 Å². The monoisotopic (exact) mass is 270 g/mol. The zero-order valence-corrected chi connectivity index (χ0v) is 10.8. The zero-order valence-electron chi connectivity index (χ0n) is 10.1. The summed E-state index contributed by atoms with van der Waals surface area (Å²) in [7, 11) is 0. The molecule has 0 saturated heterocycles. The lowest BCUT2D eigenvalue weighted by molar-refractivity contribution is 1.00. The Labute approximate surface area is 115 Å². The maximum absolute atomic E-state index is 12.0. The van der Waals surface area contributed by atoms with Gasteiger partial charge >= 0.3 is 0 Å². The summed E-state index contributed by atoms with van der Waals surface area (Å²) < 4.78 is 1.85. The number of rotatable bonds is 2. The molecule has 0 N–H and O–H groups in total. The highest BCUT2D eigenvalue weighted by Gasteiger charge is 2.04. The molecule has 3 rings (SSSR count). The first-order valence-electron chi connectivity index (χ1n) is 5.94. The summed E-state index contributed by atoms with van der Waals surface area (Å²) in [5.41, 5.74) is 2.19. The van der Waals surface area contributed by atoms with Crippen molar-refractivity contribution in [1.82, 2.24) is 9.38 Å². The van der Waals surface area contributed by atoms with E-state index in [1.54, 1.807) is 0 Å². The Balaban J connectivity index is 2.03. The molecule has 94 valence electrons. The Kier molecular flexibility index (Phi) is 3.05. The summed E-state index contributed by atoms with van der Waals surface area (Å²) in [6.07, 6.45) is 4.27. The molecule has 0 aliphatic rings. The van der Waals surface area contributed by atoms with Crippen molar-refractivity contribution < 1.29 is 0 Å². The second-order valence-corrected chi connectivity index (χ2v) is 4.78. The Hall–Kier alpha value is -2.13. The van der Waals surface area contributed by atoms with E-state index in [-0.39, 0.29) is 5.56 Å². The summed E-state index contributed by atoms with van der Waals surface area (Å²) in [6.45, 7) is 0. The van der Waals surface area contributed by atoms with Crippen molar-refractivity contribution in [2.45, 2.75) is 6.42 Å². The first kappa shape index (κ1) is 11.9. The SMILES string of the molecule is O=c1nc2ccccn2cc1Cc1ccc(Cl)cc1. The average Bonchev–Trinajstić information content (AvgIpc) is 2.42. The highest BCUT2D eigenvalue weighted by molar-refractivity contribution is 6.30. The van der Waals surface area contributed by atoms with Gasteiger partial charge in [0.15, 0.2) is 0 Å². The standard InChI is InChI=1S/C15H11ClN2O/c16-13-6-4-11(5-7-13)9-12-10-18-8-2-1-3-14(18)17-15(12)19/h1-8,10H,9H2. The Morgan fingerprint density at radius 3 is 2.68 bits per heavy atom. The molecule has 3 nitrogen and oxygen atoms in total. The Bertz CT molecular complexity index is 778. The highest BCUT2D eigenvalue weighted by Crippen LogP contribution is 2.12. The minimum Gasteiger partial charge on any atom is -0.308 e. The van der Waals surface area contributed by atoms with Crippen LogP contribution in [0.15, 0.2) is 59.7 Å². The summed E-state index contributed by atoms with van der Waals surface area (Å²) in [5.74, 6) is 0. The van der Waals surface area contributed by atoms with Crippen LogP contribution in [0.3, 0.4) is 0 Å². The van der Waals surface area contributed by atoms with Crippen molar-refractivity contribution in [3.05, 3.63) is 81.4 Å². The number of hydrogen-bond donors (Lipinski definition) is 0. The molecule has 0 aliphatic carbocycles. The predicted octanol–water partition coefficient (Wildman–Crippen LogP) is 2.94. The van der Waals surface area contributed by atoms with Gasteiger partial charge in [0.1, 0.15) is 5.65 Å². The second-order valence-electron chi connectivity index (χ2n) is 4.34. The van der Waals surface area contributed by atoms with Crippen molar-refractivity contribution in [3.8, 4) is 0 Å². The van der Waals surface area contributed by atoms with Crippen LogP contribution < -0.4 is 5.56 Å². The van der Waals surface area contributed by atoms with Gasteiger partial charge in [-0.3, -0.25) is 4.79 Å². The lowest BCUT2D eigenvalue weighted by atomic mass is 10.1. The largest absolute Gasteiger partial charge is 0.308 e. The van der Waals surface area contributed by atoms with Crippen LogP contribution >= 0.6 is 11.6 Å². The lowest BCUT2D eigenvalue weighted by Crippen LogP contribution is -2.15. The number of pyridine rings is 1. The van der Waals surface area contributed by atoms with Crippen molar-refractivity contribution >= 4 is 17.2 Å². The van der Waals surface area contributed by atoms with Crippen LogP contribution in [0.25, 0.3) is 5.65 Å². The number of aromatic nitrogens is 2. The summed E-state index contributed by atoms with van der Waals surface area (Å²) in [6, 6.07) is 13.1. The Morgan fingerprint density at radius 1 is 1.11 bits per heavy atom. The first-order valence-corrected chi connectivity index (χ1v) is 6.31. The molecular weight excluding hydrogens is 260 g/mol. The maximum Gasteiger partial charge on any atom is 0.276 e. The van der Waals surface area contributed by atoms with E-state index in [4.69, 9.17) is 11.6 Å².